The first-order valence-corrected chi connectivity index (χ1v) is 5.55. The summed E-state index contributed by atoms with van der Waals surface area (Å²) in [7, 11) is 1.54. The first-order valence-electron chi connectivity index (χ1n) is 5.55. The van der Waals surface area contributed by atoms with E-state index < -0.39 is 17.5 Å². The lowest BCUT2D eigenvalue weighted by Gasteiger charge is -2.15. The molecule has 0 saturated heterocycles. The Morgan fingerprint density at radius 2 is 1.89 bits per heavy atom. The van der Waals surface area contributed by atoms with Gasteiger partial charge in [-0.15, -0.1) is 0 Å². The van der Waals surface area contributed by atoms with Crippen LogP contribution in [0.15, 0.2) is 12.1 Å². The number of aliphatic hydroxyl groups is 1. The second kappa shape index (κ2) is 7.35. The van der Waals surface area contributed by atoms with E-state index in [1.807, 2.05) is 0 Å². The van der Waals surface area contributed by atoms with Crippen LogP contribution in [-0.4, -0.2) is 31.5 Å². The van der Waals surface area contributed by atoms with Gasteiger partial charge in [0.15, 0.2) is 17.5 Å². The lowest BCUT2D eigenvalue weighted by molar-refractivity contribution is 0.159. The number of nitrogens with one attached hydrogen (secondary N) is 1. The highest BCUT2D eigenvalue weighted by Gasteiger charge is 2.12. The van der Waals surface area contributed by atoms with Crippen LogP contribution in [0.1, 0.15) is 12.0 Å². The van der Waals surface area contributed by atoms with E-state index >= 15 is 0 Å². The summed E-state index contributed by atoms with van der Waals surface area (Å²) in [6.07, 6.45) is 0.569. The fraction of sp³-hybridized carbons (Fsp3) is 0.500. The number of halogens is 3. The molecule has 1 unspecified atom stereocenters. The summed E-state index contributed by atoms with van der Waals surface area (Å²) in [6.45, 7) is 0.489. The molecule has 1 aromatic carbocycles. The maximum atomic E-state index is 12.9. The second-order valence-electron chi connectivity index (χ2n) is 3.92. The zero-order chi connectivity index (χ0) is 13.5. The minimum absolute atomic E-state index is 0.116. The molecular weight excluding hydrogens is 247 g/mol. The normalized spacial score (nSPS) is 12.7. The summed E-state index contributed by atoms with van der Waals surface area (Å²) in [5.41, 5.74) is 0.280. The second-order valence-corrected chi connectivity index (χ2v) is 3.92. The van der Waals surface area contributed by atoms with E-state index in [0.29, 0.717) is 13.0 Å². The quantitative estimate of drug-likeness (QED) is 0.734. The molecule has 1 rings (SSSR count). The predicted molar refractivity (Wildman–Crippen MR) is 60.5 cm³/mol. The van der Waals surface area contributed by atoms with Crippen LogP contribution in [0.25, 0.3) is 0 Å². The fourth-order valence-electron chi connectivity index (χ4n) is 1.49. The SMILES string of the molecule is COCCC(CO)NCc1cc(F)c(F)c(F)c1. The van der Waals surface area contributed by atoms with Crippen LogP contribution in [0, 0.1) is 17.5 Å². The highest BCUT2D eigenvalue weighted by atomic mass is 19.2. The Kier molecular flexibility index (Phi) is 6.11. The van der Waals surface area contributed by atoms with Crippen LogP contribution in [-0.2, 0) is 11.3 Å². The number of hydrogen-bond acceptors (Lipinski definition) is 3. The van der Waals surface area contributed by atoms with Crippen molar-refractivity contribution in [3.63, 3.8) is 0 Å². The molecule has 0 spiro atoms. The minimum atomic E-state index is -1.48. The molecule has 0 aromatic heterocycles. The largest absolute Gasteiger partial charge is 0.395 e. The number of hydrogen-bond donors (Lipinski definition) is 2. The molecule has 2 N–H and O–H groups in total. The van der Waals surface area contributed by atoms with E-state index in [9.17, 15) is 13.2 Å². The van der Waals surface area contributed by atoms with Gasteiger partial charge in [0, 0.05) is 26.3 Å². The van der Waals surface area contributed by atoms with Crippen LogP contribution in [0.2, 0.25) is 0 Å². The van der Waals surface area contributed by atoms with E-state index in [4.69, 9.17) is 9.84 Å². The van der Waals surface area contributed by atoms with Crippen LogP contribution in [0.4, 0.5) is 13.2 Å². The van der Waals surface area contributed by atoms with Gasteiger partial charge in [-0.1, -0.05) is 0 Å². The van der Waals surface area contributed by atoms with Crippen molar-refractivity contribution in [1.29, 1.82) is 0 Å². The molecule has 0 bridgehead atoms. The van der Waals surface area contributed by atoms with E-state index in [0.717, 1.165) is 12.1 Å². The summed E-state index contributed by atoms with van der Waals surface area (Å²) in [4.78, 5) is 0. The Morgan fingerprint density at radius 3 is 2.39 bits per heavy atom. The average molecular weight is 263 g/mol. The van der Waals surface area contributed by atoms with Gasteiger partial charge in [0.2, 0.25) is 0 Å². The van der Waals surface area contributed by atoms with Gasteiger partial charge in [0.25, 0.3) is 0 Å². The minimum Gasteiger partial charge on any atom is -0.395 e. The molecule has 1 atom stereocenters. The Balaban J connectivity index is 2.57. The van der Waals surface area contributed by atoms with Crippen LogP contribution in [0.3, 0.4) is 0 Å². The standard InChI is InChI=1S/C12H16F3NO2/c1-18-3-2-9(7-17)16-6-8-4-10(13)12(15)11(14)5-8/h4-5,9,16-17H,2-3,6-7H2,1H3. The summed E-state index contributed by atoms with van der Waals surface area (Å²) in [6, 6.07) is 1.62. The van der Waals surface area contributed by atoms with Gasteiger partial charge in [-0.2, -0.15) is 0 Å². The van der Waals surface area contributed by atoms with Crippen LogP contribution < -0.4 is 5.32 Å². The lowest BCUT2D eigenvalue weighted by Crippen LogP contribution is -2.33. The highest BCUT2D eigenvalue weighted by molar-refractivity contribution is 5.19. The van der Waals surface area contributed by atoms with Gasteiger partial charge in [-0.05, 0) is 24.1 Å². The summed E-state index contributed by atoms with van der Waals surface area (Å²) >= 11 is 0. The first-order chi connectivity index (χ1) is 8.58. The number of ether oxygens (including phenoxy) is 1. The number of rotatable bonds is 7. The lowest BCUT2D eigenvalue weighted by atomic mass is 10.1. The molecule has 0 saturated carbocycles. The zero-order valence-electron chi connectivity index (χ0n) is 10.0. The van der Waals surface area contributed by atoms with Crippen molar-refractivity contribution in [3.8, 4) is 0 Å². The van der Waals surface area contributed by atoms with Crippen LogP contribution >= 0.6 is 0 Å². The van der Waals surface area contributed by atoms with Gasteiger partial charge in [-0.25, -0.2) is 13.2 Å². The third-order valence-electron chi connectivity index (χ3n) is 2.53. The highest BCUT2D eigenvalue weighted by Crippen LogP contribution is 2.13. The molecule has 0 aliphatic rings. The van der Waals surface area contributed by atoms with Crippen LogP contribution in [0.5, 0.6) is 0 Å². The van der Waals surface area contributed by atoms with E-state index in [-0.39, 0.29) is 24.8 Å². The van der Waals surface area contributed by atoms with Crippen molar-refractivity contribution in [3.05, 3.63) is 35.1 Å². The maximum Gasteiger partial charge on any atom is 0.194 e. The van der Waals surface area contributed by atoms with Gasteiger partial charge in [0.1, 0.15) is 0 Å². The smallest absolute Gasteiger partial charge is 0.194 e. The Hall–Kier alpha value is -1.11. The number of aliphatic hydroxyl groups excluding tert-OH is 1. The maximum absolute atomic E-state index is 12.9. The fourth-order valence-corrected chi connectivity index (χ4v) is 1.49. The molecule has 0 fully saturated rings. The van der Waals surface area contributed by atoms with Gasteiger partial charge >= 0.3 is 0 Å². The van der Waals surface area contributed by atoms with Crippen molar-refractivity contribution in [2.75, 3.05) is 20.3 Å². The van der Waals surface area contributed by atoms with Crippen molar-refractivity contribution in [1.82, 2.24) is 5.32 Å². The zero-order valence-corrected chi connectivity index (χ0v) is 10.0. The third-order valence-corrected chi connectivity index (χ3v) is 2.53. The number of methoxy groups -OCH3 is 1. The molecule has 1 aromatic rings. The molecular formula is C12H16F3NO2. The topological polar surface area (TPSA) is 41.5 Å². The molecule has 6 heteroatoms. The molecule has 0 amide bonds. The first kappa shape index (κ1) is 14.9. The molecule has 3 nitrogen and oxygen atoms in total. The molecule has 0 aliphatic heterocycles. The van der Waals surface area contributed by atoms with Crippen molar-refractivity contribution in [2.24, 2.45) is 0 Å². The summed E-state index contributed by atoms with van der Waals surface area (Å²) < 4.78 is 43.4. The monoisotopic (exact) mass is 263 g/mol. The molecule has 0 heterocycles. The van der Waals surface area contributed by atoms with E-state index in [1.54, 1.807) is 7.11 Å². The summed E-state index contributed by atoms with van der Waals surface area (Å²) in [5, 5.41) is 12.0. The number of benzene rings is 1. The summed E-state index contributed by atoms with van der Waals surface area (Å²) in [5.74, 6) is -3.91. The Morgan fingerprint density at radius 1 is 1.28 bits per heavy atom. The average Bonchev–Trinajstić information content (AvgIpc) is 2.36. The van der Waals surface area contributed by atoms with Gasteiger partial charge in [0.05, 0.1) is 6.61 Å². The van der Waals surface area contributed by atoms with Gasteiger partial charge < -0.3 is 15.2 Å². The van der Waals surface area contributed by atoms with Crippen molar-refractivity contribution < 1.29 is 23.0 Å². The molecule has 0 aliphatic carbocycles. The molecule has 0 radical (unpaired) electrons. The van der Waals surface area contributed by atoms with Crippen molar-refractivity contribution >= 4 is 0 Å². The molecule has 102 valence electrons. The Bertz CT molecular complexity index is 365. The van der Waals surface area contributed by atoms with Gasteiger partial charge in [-0.3, -0.25) is 0 Å². The van der Waals surface area contributed by atoms with E-state index in [2.05, 4.69) is 5.32 Å². The van der Waals surface area contributed by atoms with E-state index in [1.165, 1.54) is 0 Å². The third kappa shape index (κ3) is 4.29. The Labute approximate surface area is 104 Å². The van der Waals surface area contributed by atoms with Crippen molar-refractivity contribution in [2.45, 2.75) is 19.0 Å². The molecule has 18 heavy (non-hydrogen) atoms. The predicted octanol–water partition coefficient (Wildman–Crippen LogP) is 1.59.